The molecule has 6 heteroatoms. The van der Waals surface area contributed by atoms with E-state index in [1.54, 1.807) is 33.5 Å². The maximum absolute atomic E-state index is 5.46. The summed E-state index contributed by atoms with van der Waals surface area (Å²) in [6.45, 7) is 0.283. The van der Waals surface area contributed by atoms with Crippen molar-refractivity contribution in [2.24, 2.45) is 0 Å². The third kappa shape index (κ3) is 2.43. The Balaban J connectivity index is 2.36. The number of nitrogens with zero attached hydrogens (tertiary/aromatic N) is 2. The molecule has 0 aliphatic rings. The first-order valence-electron chi connectivity index (χ1n) is 5.32. The summed E-state index contributed by atoms with van der Waals surface area (Å²) >= 11 is 0. The molecule has 0 radical (unpaired) electrons. The molecule has 0 N–H and O–H groups in total. The topological polar surface area (TPSA) is 66.6 Å². The quantitative estimate of drug-likeness (QED) is 0.807. The minimum Gasteiger partial charge on any atom is -0.497 e. The number of benzene rings is 1. The van der Waals surface area contributed by atoms with Crippen molar-refractivity contribution in [3.8, 4) is 23.0 Å². The summed E-state index contributed by atoms with van der Waals surface area (Å²) in [5.41, 5.74) is 0.716. The molecule has 1 heterocycles. The molecular formula is C12H14N2O4. The molecule has 0 amide bonds. The zero-order chi connectivity index (χ0) is 13.0. The van der Waals surface area contributed by atoms with Gasteiger partial charge in [0, 0.05) is 13.2 Å². The lowest BCUT2D eigenvalue weighted by Crippen LogP contribution is -1.90. The number of hydrogen-bond donors (Lipinski definition) is 0. The van der Waals surface area contributed by atoms with Crippen molar-refractivity contribution in [1.82, 2.24) is 10.2 Å². The van der Waals surface area contributed by atoms with E-state index in [0.29, 0.717) is 28.8 Å². The van der Waals surface area contributed by atoms with Crippen molar-refractivity contribution < 1.29 is 18.6 Å². The van der Waals surface area contributed by atoms with Crippen molar-refractivity contribution >= 4 is 0 Å². The Morgan fingerprint density at radius 2 is 1.94 bits per heavy atom. The molecule has 0 saturated carbocycles. The monoisotopic (exact) mass is 250 g/mol. The molecule has 0 aliphatic heterocycles. The molecule has 96 valence electrons. The minimum absolute atomic E-state index is 0.283. The second kappa shape index (κ2) is 5.50. The highest BCUT2D eigenvalue weighted by molar-refractivity contribution is 5.64. The number of aromatic nitrogens is 2. The second-order valence-electron chi connectivity index (χ2n) is 3.50. The lowest BCUT2D eigenvalue weighted by molar-refractivity contribution is 0.160. The SMILES string of the molecule is COCc1nnc(-c2ccc(OC)cc2OC)o1. The van der Waals surface area contributed by atoms with Crippen LogP contribution >= 0.6 is 0 Å². The highest BCUT2D eigenvalue weighted by Gasteiger charge is 2.14. The largest absolute Gasteiger partial charge is 0.497 e. The van der Waals surface area contributed by atoms with E-state index >= 15 is 0 Å². The van der Waals surface area contributed by atoms with E-state index in [-0.39, 0.29) is 6.61 Å². The molecule has 18 heavy (non-hydrogen) atoms. The number of rotatable bonds is 5. The Labute approximate surface area is 104 Å². The lowest BCUT2D eigenvalue weighted by atomic mass is 10.2. The van der Waals surface area contributed by atoms with E-state index in [9.17, 15) is 0 Å². The van der Waals surface area contributed by atoms with Crippen LogP contribution in [0.3, 0.4) is 0 Å². The first kappa shape index (κ1) is 12.4. The summed E-state index contributed by atoms with van der Waals surface area (Å²) < 4.78 is 20.8. The molecule has 0 unspecified atom stereocenters. The van der Waals surface area contributed by atoms with E-state index in [0.717, 1.165) is 0 Å². The van der Waals surface area contributed by atoms with Crippen LogP contribution in [0.1, 0.15) is 5.89 Å². The summed E-state index contributed by atoms with van der Waals surface area (Å²) in [6, 6.07) is 5.37. The fraction of sp³-hybridized carbons (Fsp3) is 0.333. The third-order valence-corrected chi connectivity index (χ3v) is 2.37. The highest BCUT2D eigenvalue weighted by atomic mass is 16.5. The maximum atomic E-state index is 5.46. The Kier molecular flexibility index (Phi) is 3.78. The van der Waals surface area contributed by atoms with Gasteiger partial charge in [-0.25, -0.2) is 0 Å². The van der Waals surface area contributed by atoms with Crippen LogP contribution in [0.15, 0.2) is 22.6 Å². The van der Waals surface area contributed by atoms with Crippen LogP contribution in [0, 0.1) is 0 Å². The molecule has 0 fully saturated rings. The summed E-state index contributed by atoms with van der Waals surface area (Å²) in [6.07, 6.45) is 0. The van der Waals surface area contributed by atoms with Crippen molar-refractivity contribution in [2.75, 3.05) is 21.3 Å². The molecule has 0 spiro atoms. The van der Waals surface area contributed by atoms with Crippen LogP contribution in [0.4, 0.5) is 0 Å². The van der Waals surface area contributed by atoms with Gasteiger partial charge in [0.1, 0.15) is 18.1 Å². The number of ether oxygens (including phenoxy) is 3. The Morgan fingerprint density at radius 1 is 1.11 bits per heavy atom. The van der Waals surface area contributed by atoms with Crippen molar-refractivity contribution in [2.45, 2.75) is 6.61 Å². The summed E-state index contributed by atoms with van der Waals surface area (Å²) in [7, 11) is 4.74. The van der Waals surface area contributed by atoms with Crippen LogP contribution in [0.2, 0.25) is 0 Å². The molecule has 1 aromatic heterocycles. The zero-order valence-electron chi connectivity index (χ0n) is 10.5. The minimum atomic E-state index is 0.283. The zero-order valence-corrected chi connectivity index (χ0v) is 10.5. The molecule has 2 aromatic rings. The van der Waals surface area contributed by atoms with Crippen LogP contribution in [0.5, 0.6) is 11.5 Å². The Hall–Kier alpha value is -2.08. The van der Waals surface area contributed by atoms with Gasteiger partial charge in [-0.15, -0.1) is 10.2 Å². The molecule has 6 nitrogen and oxygen atoms in total. The van der Waals surface area contributed by atoms with Gasteiger partial charge in [-0.3, -0.25) is 0 Å². The van der Waals surface area contributed by atoms with Crippen molar-refractivity contribution in [1.29, 1.82) is 0 Å². The molecule has 0 atom stereocenters. The molecule has 0 saturated heterocycles. The highest BCUT2D eigenvalue weighted by Crippen LogP contribution is 2.32. The van der Waals surface area contributed by atoms with E-state index in [1.807, 2.05) is 6.07 Å². The predicted molar refractivity (Wildman–Crippen MR) is 63.6 cm³/mol. The van der Waals surface area contributed by atoms with Gasteiger partial charge in [-0.05, 0) is 12.1 Å². The molecule has 1 aromatic carbocycles. The van der Waals surface area contributed by atoms with E-state index in [2.05, 4.69) is 10.2 Å². The van der Waals surface area contributed by atoms with E-state index in [4.69, 9.17) is 18.6 Å². The number of hydrogen-bond acceptors (Lipinski definition) is 6. The van der Waals surface area contributed by atoms with Crippen LogP contribution < -0.4 is 9.47 Å². The lowest BCUT2D eigenvalue weighted by Gasteiger charge is -2.07. The number of methoxy groups -OCH3 is 3. The smallest absolute Gasteiger partial charge is 0.251 e. The Bertz CT molecular complexity index is 525. The van der Waals surface area contributed by atoms with Crippen LogP contribution in [-0.4, -0.2) is 31.5 Å². The average Bonchev–Trinajstić information content (AvgIpc) is 2.87. The average molecular weight is 250 g/mol. The van der Waals surface area contributed by atoms with E-state index in [1.165, 1.54) is 0 Å². The molecule has 0 bridgehead atoms. The predicted octanol–water partition coefficient (Wildman–Crippen LogP) is 1.90. The fourth-order valence-corrected chi connectivity index (χ4v) is 1.52. The molecule has 0 aliphatic carbocycles. The standard InChI is InChI=1S/C12H14N2O4/c1-15-7-11-13-14-12(18-11)9-5-4-8(16-2)6-10(9)17-3/h4-6H,7H2,1-3H3. The van der Waals surface area contributed by atoms with Crippen LogP contribution in [0.25, 0.3) is 11.5 Å². The van der Waals surface area contributed by atoms with Gasteiger partial charge in [0.15, 0.2) is 0 Å². The summed E-state index contributed by atoms with van der Waals surface area (Å²) in [4.78, 5) is 0. The maximum Gasteiger partial charge on any atom is 0.251 e. The second-order valence-corrected chi connectivity index (χ2v) is 3.50. The summed E-state index contributed by atoms with van der Waals surface area (Å²) in [5, 5.41) is 7.82. The molecular weight excluding hydrogens is 236 g/mol. The van der Waals surface area contributed by atoms with Gasteiger partial charge in [0.2, 0.25) is 5.89 Å². The summed E-state index contributed by atoms with van der Waals surface area (Å²) in [5.74, 6) is 2.13. The normalized spacial score (nSPS) is 10.4. The Morgan fingerprint density at radius 3 is 2.61 bits per heavy atom. The molecule has 2 rings (SSSR count). The first-order chi connectivity index (χ1) is 8.78. The van der Waals surface area contributed by atoms with E-state index < -0.39 is 0 Å². The van der Waals surface area contributed by atoms with Crippen molar-refractivity contribution in [3.63, 3.8) is 0 Å². The van der Waals surface area contributed by atoms with Gasteiger partial charge in [-0.1, -0.05) is 0 Å². The van der Waals surface area contributed by atoms with Gasteiger partial charge in [-0.2, -0.15) is 0 Å². The van der Waals surface area contributed by atoms with Gasteiger partial charge in [0.25, 0.3) is 5.89 Å². The fourth-order valence-electron chi connectivity index (χ4n) is 1.52. The third-order valence-electron chi connectivity index (χ3n) is 2.37. The van der Waals surface area contributed by atoms with Crippen LogP contribution in [-0.2, 0) is 11.3 Å². The van der Waals surface area contributed by atoms with Gasteiger partial charge >= 0.3 is 0 Å². The van der Waals surface area contributed by atoms with Gasteiger partial charge in [0.05, 0.1) is 19.8 Å². The first-order valence-corrected chi connectivity index (χ1v) is 5.32. The van der Waals surface area contributed by atoms with Crippen molar-refractivity contribution in [3.05, 3.63) is 24.1 Å². The van der Waals surface area contributed by atoms with Gasteiger partial charge < -0.3 is 18.6 Å².